The molecule has 0 unspecified atom stereocenters. The number of benzene rings is 1. The number of carbonyl (C=O) groups is 2. The minimum Gasteiger partial charge on any atom is -0.466 e. The van der Waals surface area contributed by atoms with Crippen molar-refractivity contribution in [3.05, 3.63) is 39.1 Å². The molecule has 1 saturated heterocycles. The lowest BCUT2D eigenvalue weighted by Crippen LogP contribution is -2.43. The Morgan fingerprint density at radius 2 is 2.00 bits per heavy atom. The van der Waals surface area contributed by atoms with Crippen LogP contribution in [0.3, 0.4) is 0 Å². The van der Waals surface area contributed by atoms with E-state index in [1.54, 1.807) is 37.1 Å². The molecular formula is C18H20ClN3O4. The van der Waals surface area contributed by atoms with Gasteiger partial charge < -0.3 is 9.64 Å². The zero-order valence-corrected chi connectivity index (χ0v) is 15.5. The average molecular weight is 378 g/mol. The number of likely N-dealkylation sites (tertiary alicyclic amines) is 1. The largest absolute Gasteiger partial charge is 0.466 e. The first-order chi connectivity index (χ1) is 12.4. The molecule has 0 aliphatic carbocycles. The van der Waals surface area contributed by atoms with E-state index in [9.17, 15) is 14.4 Å². The van der Waals surface area contributed by atoms with E-state index in [0.29, 0.717) is 48.5 Å². The van der Waals surface area contributed by atoms with E-state index in [2.05, 4.69) is 5.10 Å². The van der Waals surface area contributed by atoms with Crippen LogP contribution in [0, 0.1) is 5.92 Å². The molecule has 1 aliphatic rings. The van der Waals surface area contributed by atoms with Gasteiger partial charge in [0.25, 0.3) is 5.91 Å². The minimum absolute atomic E-state index is 0.128. The molecule has 1 aliphatic heterocycles. The Labute approximate surface area is 155 Å². The van der Waals surface area contributed by atoms with Crippen LogP contribution in [0.4, 0.5) is 0 Å². The van der Waals surface area contributed by atoms with Crippen LogP contribution >= 0.6 is 11.6 Å². The molecule has 0 saturated carbocycles. The minimum atomic E-state index is -0.432. The van der Waals surface area contributed by atoms with E-state index < -0.39 is 11.3 Å². The second-order valence-corrected chi connectivity index (χ2v) is 6.72. The molecule has 1 fully saturated rings. The number of aryl methyl sites for hydroxylation is 1. The number of aromatic nitrogens is 2. The normalized spacial score (nSPS) is 15.3. The van der Waals surface area contributed by atoms with Gasteiger partial charge in [0.2, 0.25) is 5.43 Å². The van der Waals surface area contributed by atoms with E-state index >= 15 is 0 Å². The lowest BCUT2D eigenvalue weighted by Gasteiger charge is -2.30. The maximum atomic E-state index is 12.8. The molecule has 26 heavy (non-hydrogen) atoms. The van der Waals surface area contributed by atoms with Crippen molar-refractivity contribution in [3.63, 3.8) is 0 Å². The second kappa shape index (κ2) is 7.45. The van der Waals surface area contributed by atoms with Crippen molar-refractivity contribution < 1.29 is 14.3 Å². The molecule has 138 valence electrons. The summed E-state index contributed by atoms with van der Waals surface area (Å²) in [4.78, 5) is 38.9. The molecular weight excluding hydrogens is 358 g/mol. The van der Waals surface area contributed by atoms with Gasteiger partial charge in [0, 0.05) is 25.2 Å². The maximum absolute atomic E-state index is 12.8. The Morgan fingerprint density at radius 3 is 2.65 bits per heavy atom. The Balaban J connectivity index is 1.84. The molecule has 8 heteroatoms. The number of ether oxygens (including phenoxy) is 1. The zero-order chi connectivity index (χ0) is 18.8. The Hall–Kier alpha value is -2.41. The van der Waals surface area contributed by atoms with Gasteiger partial charge in [0.15, 0.2) is 5.69 Å². The summed E-state index contributed by atoms with van der Waals surface area (Å²) in [5, 5.41) is 4.95. The van der Waals surface area contributed by atoms with Crippen LogP contribution in [-0.4, -0.2) is 46.3 Å². The van der Waals surface area contributed by atoms with Gasteiger partial charge in [0.05, 0.1) is 23.4 Å². The van der Waals surface area contributed by atoms with Crippen LogP contribution < -0.4 is 5.43 Å². The number of rotatable bonds is 3. The Kier molecular flexibility index (Phi) is 5.27. The summed E-state index contributed by atoms with van der Waals surface area (Å²) >= 11 is 5.99. The third kappa shape index (κ3) is 3.44. The zero-order valence-electron chi connectivity index (χ0n) is 14.7. The van der Waals surface area contributed by atoms with Crippen molar-refractivity contribution in [2.24, 2.45) is 13.0 Å². The van der Waals surface area contributed by atoms with E-state index in [1.807, 2.05) is 0 Å². The van der Waals surface area contributed by atoms with Crippen molar-refractivity contribution in [3.8, 4) is 0 Å². The number of halogens is 1. The first-order valence-electron chi connectivity index (χ1n) is 8.54. The molecule has 2 heterocycles. The van der Waals surface area contributed by atoms with Crippen LogP contribution in [0.15, 0.2) is 23.0 Å². The summed E-state index contributed by atoms with van der Waals surface area (Å²) < 4.78 is 6.54. The topological polar surface area (TPSA) is 81.5 Å². The molecule has 3 rings (SSSR count). The van der Waals surface area contributed by atoms with Crippen molar-refractivity contribution in [2.45, 2.75) is 19.8 Å². The van der Waals surface area contributed by atoms with E-state index in [0.717, 1.165) is 0 Å². The highest BCUT2D eigenvalue weighted by atomic mass is 35.5. The fourth-order valence-electron chi connectivity index (χ4n) is 3.22. The van der Waals surface area contributed by atoms with Gasteiger partial charge in [-0.3, -0.25) is 19.1 Å². The molecule has 1 aromatic heterocycles. The number of fused-ring (bicyclic) bond motifs is 1. The number of esters is 1. The number of hydrogen-bond acceptors (Lipinski definition) is 5. The van der Waals surface area contributed by atoms with Crippen molar-refractivity contribution in [1.29, 1.82) is 0 Å². The van der Waals surface area contributed by atoms with Gasteiger partial charge in [-0.25, -0.2) is 0 Å². The van der Waals surface area contributed by atoms with Crippen LogP contribution in [0.1, 0.15) is 30.3 Å². The third-order valence-corrected chi connectivity index (χ3v) is 4.86. The van der Waals surface area contributed by atoms with E-state index in [-0.39, 0.29) is 17.6 Å². The second-order valence-electron chi connectivity index (χ2n) is 6.28. The summed E-state index contributed by atoms with van der Waals surface area (Å²) in [5.41, 5.74) is 0.0481. The summed E-state index contributed by atoms with van der Waals surface area (Å²) in [5.74, 6) is -0.853. The van der Waals surface area contributed by atoms with Gasteiger partial charge in [-0.2, -0.15) is 5.10 Å². The highest BCUT2D eigenvalue weighted by molar-refractivity contribution is 6.31. The van der Waals surface area contributed by atoms with Crippen molar-refractivity contribution in [1.82, 2.24) is 14.7 Å². The molecule has 1 aromatic carbocycles. The van der Waals surface area contributed by atoms with Crippen LogP contribution in [0.5, 0.6) is 0 Å². The summed E-state index contributed by atoms with van der Waals surface area (Å²) in [6.07, 6.45) is 1.04. The Bertz CT molecular complexity index is 917. The monoisotopic (exact) mass is 377 g/mol. The number of amides is 1. The van der Waals surface area contributed by atoms with Crippen LogP contribution in [0.2, 0.25) is 5.02 Å². The van der Waals surface area contributed by atoms with Gasteiger partial charge in [0.1, 0.15) is 0 Å². The van der Waals surface area contributed by atoms with Gasteiger partial charge in [-0.1, -0.05) is 11.6 Å². The molecule has 0 spiro atoms. The molecule has 0 atom stereocenters. The summed E-state index contributed by atoms with van der Waals surface area (Å²) in [7, 11) is 1.68. The molecule has 1 amide bonds. The van der Waals surface area contributed by atoms with Gasteiger partial charge >= 0.3 is 5.97 Å². The van der Waals surface area contributed by atoms with E-state index in [4.69, 9.17) is 16.3 Å². The quantitative estimate of drug-likeness (QED) is 0.764. The van der Waals surface area contributed by atoms with Crippen LogP contribution in [-0.2, 0) is 16.6 Å². The predicted molar refractivity (Wildman–Crippen MR) is 97.3 cm³/mol. The summed E-state index contributed by atoms with van der Waals surface area (Å²) in [6.45, 7) is 2.89. The lowest BCUT2D eigenvalue weighted by molar-refractivity contribution is -0.149. The molecule has 0 N–H and O–H groups in total. The number of nitrogens with zero attached hydrogens (tertiary/aromatic N) is 3. The number of piperidine rings is 1. The predicted octanol–water partition coefficient (Wildman–Crippen LogP) is 2.00. The summed E-state index contributed by atoms with van der Waals surface area (Å²) in [6, 6.07) is 4.92. The molecule has 2 aromatic rings. The van der Waals surface area contributed by atoms with Crippen LogP contribution in [0.25, 0.3) is 10.9 Å². The number of carbonyl (C=O) groups excluding carboxylic acids is 2. The Morgan fingerprint density at radius 1 is 1.31 bits per heavy atom. The van der Waals surface area contributed by atoms with E-state index in [1.165, 1.54) is 4.68 Å². The van der Waals surface area contributed by atoms with Gasteiger partial charge in [-0.05, 0) is 38.0 Å². The number of hydrogen-bond donors (Lipinski definition) is 0. The molecule has 7 nitrogen and oxygen atoms in total. The van der Waals surface area contributed by atoms with Crippen molar-refractivity contribution >= 4 is 34.4 Å². The van der Waals surface area contributed by atoms with Gasteiger partial charge in [-0.15, -0.1) is 0 Å². The maximum Gasteiger partial charge on any atom is 0.309 e. The highest BCUT2D eigenvalue weighted by Gasteiger charge is 2.30. The first kappa shape index (κ1) is 18.4. The fraction of sp³-hybridized carbons (Fsp3) is 0.444. The third-order valence-electron chi connectivity index (χ3n) is 4.62. The SMILES string of the molecule is CCOC(=O)C1CCN(C(=O)c2nn(C)c3ccc(Cl)cc3c2=O)CC1. The molecule has 0 radical (unpaired) electrons. The fourth-order valence-corrected chi connectivity index (χ4v) is 3.39. The highest BCUT2D eigenvalue weighted by Crippen LogP contribution is 2.20. The smallest absolute Gasteiger partial charge is 0.309 e. The lowest BCUT2D eigenvalue weighted by atomic mass is 9.97. The standard InChI is InChI=1S/C18H20ClN3O4/c1-3-26-18(25)11-6-8-22(9-7-11)17(24)15-16(23)13-10-12(19)4-5-14(13)21(2)20-15/h4-5,10-11H,3,6-9H2,1-2H3. The average Bonchev–Trinajstić information content (AvgIpc) is 2.64. The first-order valence-corrected chi connectivity index (χ1v) is 8.92. The molecule has 0 bridgehead atoms. The van der Waals surface area contributed by atoms with Crippen molar-refractivity contribution in [2.75, 3.05) is 19.7 Å².